The zero-order chi connectivity index (χ0) is 15.8. The monoisotopic (exact) mass is 309 g/mol. The summed E-state index contributed by atoms with van der Waals surface area (Å²) in [5.74, 6) is 0.784. The molecule has 0 radical (unpaired) electrons. The van der Waals surface area contributed by atoms with Crippen molar-refractivity contribution in [2.75, 3.05) is 53.7 Å². The van der Waals surface area contributed by atoms with Crippen LogP contribution >= 0.6 is 0 Å². The molecule has 2 rings (SSSR count). The van der Waals surface area contributed by atoms with Crippen molar-refractivity contribution >= 4 is 5.97 Å². The standard InChI is InChI=1S/C16H23NO5/c1-19-14-5-4-13(16(18)20-2)12-15(14)22-9-3-6-17-7-10-21-11-8-17/h4-5,12H,3,6-11H2,1-2H3. The maximum atomic E-state index is 11.6. The molecule has 1 aromatic carbocycles. The molecule has 1 aromatic rings. The summed E-state index contributed by atoms with van der Waals surface area (Å²) in [5, 5.41) is 0. The van der Waals surface area contributed by atoms with Crippen molar-refractivity contribution in [3.63, 3.8) is 0 Å². The molecule has 0 spiro atoms. The number of methoxy groups -OCH3 is 2. The van der Waals surface area contributed by atoms with Gasteiger partial charge in [-0.25, -0.2) is 4.79 Å². The molecule has 0 N–H and O–H groups in total. The maximum Gasteiger partial charge on any atom is 0.337 e. The van der Waals surface area contributed by atoms with Crippen LogP contribution in [0.4, 0.5) is 0 Å². The molecule has 1 saturated heterocycles. The zero-order valence-electron chi connectivity index (χ0n) is 13.2. The van der Waals surface area contributed by atoms with Gasteiger partial charge in [0.05, 0.1) is 39.6 Å². The lowest BCUT2D eigenvalue weighted by Crippen LogP contribution is -2.37. The van der Waals surface area contributed by atoms with E-state index >= 15 is 0 Å². The van der Waals surface area contributed by atoms with Gasteiger partial charge in [-0.3, -0.25) is 4.90 Å². The van der Waals surface area contributed by atoms with Crippen LogP contribution in [0, 0.1) is 0 Å². The van der Waals surface area contributed by atoms with E-state index in [1.807, 2.05) is 0 Å². The van der Waals surface area contributed by atoms with Crippen molar-refractivity contribution in [3.05, 3.63) is 23.8 Å². The highest BCUT2D eigenvalue weighted by atomic mass is 16.5. The van der Waals surface area contributed by atoms with Crippen molar-refractivity contribution < 1.29 is 23.7 Å². The van der Waals surface area contributed by atoms with E-state index in [1.54, 1.807) is 25.3 Å². The summed E-state index contributed by atoms with van der Waals surface area (Å²) in [5.41, 5.74) is 0.450. The molecule has 0 bridgehead atoms. The van der Waals surface area contributed by atoms with Gasteiger partial charge < -0.3 is 18.9 Å². The highest BCUT2D eigenvalue weighted by Crippen LogP contribution is 2.28. The van der Waals surface area contributed by atoms with Gasteiger partial charge in [-0.2, -0.15) is 0 Å². The number of carbonyl (C=O) groups excluding carboxylic acids is 1. The fourth-order valence-electron chi connectivity index (χ4n) is 2.33. The molecule has 6 heteroatoms. The van der Waals surface area contributed by atoms with Crippen LogP contribution in [0.2, 0.25) is 0 Å². The Balaban J connectivity index is 1.86. The van der Waals surface area contributed by atoms with E-state index in [0.29, 0.717) is 23.7 Å². The van der Waals surface area contributed by atoms with Gasteiger partial charge in [-0.1, -0.05) is 0 Å². The molecule has 6 nitrogen and oxygen atoms in total. The molecule has 1 aliphatic rings. The lowest BCUT2D eigenvalue weighted by molar-refractivity contribution is 0.0357. The van der Waals surface area contributed by atoms with Crippen LogP contribution in [0.25, 0.3) is 0 Å². The quantitative estimate of drug-likeness (QED) is 0.563. The molecular weight excluding hydrogens is 286 g/mol. The summed E-state index contributed by atoms with van der Waals surface area (Å²) < 4.78 is 21.1. The van der Waals surface area contributed by atoms with E-state index < -0.39 is 0 Å². The Kier molecular flexibility index (Phi) is 6.48. The molecule has 122 valence electrons. The van der Waals surface area contributed by atoms with Crippen molar-refractivity contribution in [3.8, 4) is 11.5 Å². The number of benzene rings is 1. The van der Waals surface area contributed by atoms with Crippen LogP contribution < -0.4 is 9.47 Å². The van der Waals surface area contributed by atoms with E-state index in [9.17, 15) is 4.79 Å². The Morgan fingerprint density at radius 1 is 1.23 bits per heavy atom. The second kappa shape index (κ2) is 8.60. The van der Waals surface area contributed by atoms with Crippen molar-refractivity contribution in [2.24, 2.45) is 0 Å². The molecular formula is C16H23NO5. The fourth-order valence-corrected chi connectivity index (χ4v) is 2.33. The summed E-state index contributed by atoms with van der Waals surface area (Å²) in [6.07, 6.45) is 0.908. The van der Waals surface area contributed by atoms with Gasteiger partial charge in [0.2, 0.25) is 0 Å². The number of nitrogens with zero attached hydrogens (tertiary/aromatic N) is 1. The predicted molar refractivity (Wildman–Crippen MR) is 81.7 cm³/mol. The Bertz CT molecular complexity index is 485. The first-order valence-corrected chi connectivity index (χ1v) is 7.44. The highest BCUT2D eigenvalue weighted by molar-refractivity contribution is 5.90. The molecule has 22 heavy (non-hydrogen) atoms. The Hall–Kier alpha value is -1.79. The number of hydrogen-bond donors (Lipinski definition) is 0. The first kappa shape index (κ1) is 16.6. The fraction of sp³-hybridized carbons (Fsp3) is 0.562. The summed E-state index contributed by atoms with van der Waals surface area (Å²) in [6.45, 7) is 5.09. The van der Waals surface area contributed by atoms with Crippen LogP contribution in [-0.4, -0.2) is 64.5 Å². The largest absolute Gasteiger partial charge is 0.493 e. The zero-order valence-corrected chi connectivity index (χ0v) is 13.2. The average Bonchev–Trinajstić information content (AvgIpc) is 2.58. The van der Waals surface area contributed by atoms with E-state index in [0.717, 1.165) is 39.3 Å². The van der Waals surface area contributed by atoms with Crippen molar-refractivity contribution in [1.29, 1.82) is 0 Å². The number of ether oxygens (including phenoxy) is 4. The third kappa shape index (κ3) is 4.61. The Morgan fingerprint density at radius 2 is 2.00 bits per heavy atom. The van der Waals surface area contributed by atoms with E-state index in [4.69, 9.17) is 18.9 Å². The number of esters is 1. The van der Waals surface area contributed by atoms with Gasteiger partial charge in [-0.15, -0.1) is 0 Å². The minimum Gasteiger partial charge on any atom is -0.493 e. The van der Waals surface area contributed by atoms with E-state index in [1.165, 1.54) is 7.11 Å². The summed E-state index contributed by atoms with van der Waals surface area (Å²) in [6, 6.07) is 5.02. The molecule has 1 aliphatic heterocycles. The minimum atomic E-state index is -0.388. The normalized spacial score (nSPS) is 15.4. The summed E-state index contributed by atoms with van der Waals surface area (Å²) >= 11 is 0. The molecule has 0 aliphatic carbocycles. The lowest BCUT2D eigenvalue weighted by Gasteiger charge is -2.26. The number of morpholine rings is 1. The van der Waals surface area contributed by atoms with E-state index in [2.05, 4.69) is 4.90 Å². The van der Waals surface area contributed by atoms with Crippen LogP contribution in [0.3, 0.4) is 0 Å². The van der Waals surface area contributed by atoms with Gasteiger partial charge in [0.1, 0.15) is 0 Å². The van der Waals surface area contributed by atoms with Gasteiger partial charge >= 0.3 is 5.97 Å². The Morgan fingerprint density at radius 3 is 2.68 bits per heavy atom. The van der Waals surface area contributed by atoms with Crippen LogP contribution in [0.15, 0.2) is 18.2 Å². The SMILES string of the molecule is COC(=O)c1ccc(OC)c(OCCCN2CCOCC2)c1. The third-order valence-electron chi connectivity index (χ3n) is 3.56. The van der Waals surface area contributed by atoms with Crippen LogP contribution in [0.5, 0.6) is 11.5 Å². The summed E-state index contributed by atoms with van der Waals surface area (Å²) in [4.78, 5) is 13.9. The molecule has 0 atom stereocenters. The minimum absolute atomic E-state index is 0.388. The average molecular weight is 309 g/mol. The molecule has 0 saturated carbocycles. The number of carbonyl (C=O) groups is 1. The smallest absolute Gasteiger partial charge is 0.337 e. The van der Waals surface area contributed by atoms with Gasteiger partial charge in [0, 0.05) is 19.6 Å². The van der Waals surface area contributed by atoms with Gasteiger partial charge in [0.15, 0.2) is 11.5 Å². The highest BCUT2D eigenvalue weighted by Gasteiger charge is 2.12. The topological polar surface area (TPSA) is 57.2 Å². The van der Waals surface area contributed by atoms with E-state index in [-0.39, 0.29) is 5.97 Å². The van der Waals surface area contributed by atoms with Gasteiger partial charge in [-0.05, 0) is 24.6 Å². The second-order valence-electron chi connectivity index (χ2n) is 5.01. The van der Waals surface area contributed by atoms with Gasteiger partial charge in [0.25, 0.3) is 0 Å². The van der Waals surface area contributed by atoms with Crippen LogP contribution in [-0.2, 0) is 9.47 Å². The first-order chi connectivity index (χ1) is 10.7. The Labute approximate surface area is 130 Å². The second-order valence-corrected chi connectivity index (χ2v) is 5.01. The van der Waals surface area contributed by atoms with Crippen molar-refractivity contribution in [2.45, 2.75) is 6.42 Å². The summed E-state index contributed by atoms with van der Waals surface area (Å²) in [7, 11) is 2.93. The van der Waals surface area contributed by atoms with Crippen molar-refractivity contribution in [1.82, 2.24) is 4.90 Å². The molecule has 0 aromatic heterocycles. The molecule has 1 fully saturated rings. The third-order valence-corrected chi connectivity index (χ3v) is 3.56. The first-order valence-electron chi connectivity index (χ1n) is 7.44. The number of hydrogen-bond acceptors (Lipinski definition) is 6. The predicted octanol–water partition coefficient (Wildman–Crippen LogP) is 1.58. The molecule has 0 unspecified atom stereocenters. The maximum absolute atomic E-state index is 11.6. The molecule has 1 heterocycles. The lowest BCUT2D eigenvalue weighted by atomic mass is 10.2. The molecule has 0 amide bonds. The van der Waals surface area contributed by atoms with Crippen LogP contribution in [0.1, 0.15) is 16.8 Å². The number of rotatable bonds is 7.